The molecule has 0 aliphatic carbocycles. The largest absolute Gasteiger partial charge is 0.289 e. The molecule has 0 spiro atoms. The Morgan fingerprint density at radius 1 is 0.947 bits per heavy atom. The van der Waals surface area contributed by atoms with E-state index < -0.39 is 0 Å². The lowest BCUT2D eigenvalue weighted by atomic mass is 9.93. The second kappa shape index (κ2) is 7.47. The predicted molar refractivity (Wildman–Crippen MR) is 86.3 cm³/mol. The van der Waals surface area contributed by atoms with Gasteiger partial charge in [0.1, 0.15) is 0 Å². The summed E-state index contributed by atoms with van der Waals surface area (Å²) in [7, 11) is 0. The third kappa shape index (κ3) is 4.19. The minimum absolute atomic E-state index is 0.412. The summed E-state index contributed by atoms with van der Waals surface area (Å²) in [5, 5.41) is 0. The molecule has 1 aromatic carbocycles. The van der Waals surface area contributed by atoms with Gasteiger partial charge in [-0.3, -0.25) is 4.99 Å². The van der Waals surface area contributed by atoms with Gasteiger partial charge in [0.2, 0.25) is 0 Å². The van der Waals surface area contributed by atoms with Gasteiger partial charge in [-0.05, 0) is 41.4 Å². The number of benzene rings is 1. The molecule has 0 aromatic heterocycles. The predicted octanol–water partition coefficient (Wildman–Crippen LogP) is 4.91. The summed E-state index contributed by atoms with van der Waals surface area (Å²) >= 11 is 0. The van der Waals surface area contributed by atoms with Gasteiger partial charge in [0, 0.05) is 6.21 Å². The van der Waals surface area contributed by atoms with Gasteiger partial charge in [0.15, 0.2) is 0 Å². The molecule has 1 nitrogen and oxygen atoms in total. The molecule has 0 aliphatic heterocycles. The van der Waals surface area contributed by atoms with Gasteiger partial charge in [-0.2, -0.15) is 0 Å². The summed E-state index contributed by atoms with van der Waals surface area (Å²) in [5.74, 6) is 1.19. The van der Waals surface area contributed by atoms with Crippen LogP contribution in [0.25, 0.3) is 0 Å². The molecular formula is C18H29N. The Labute approximate surface area is 119 Å². The monoisotopic (exact) mass is 259 g/mol. The molecule has 1 heteroatoms. The van der Waals surface area contributed by atoms with Crippen LogP contribution in [0.1, 0.15) is 58.2 Å². The SMILES string of the molecule is CCc1cccc(CC)c1C=NC(C(C)C)C(C)C. The molecule has 19 heavy (non-hydrogen) atoms. The number of aryl methyl sites for hydroxylation is 2. The van der Waals surface area contributed by atoms with Gasteiger partial charge < -0.3 is 0 Å². The number of aliphatic imine (C=N–C) groups is 1. The van der Waals surface area contributed by atoms with Crippen molar-refractivity contribution in [3.8, 4) is 0 Å². The summed E-state index contributed by atoms with van der Waals surface area (Å²) in [6.07, 6.45) is 4.27. The summed E-state index contributed by atoms with van der Waals surface area (Å²) in [4.78, 5) is 4.89. The average molecular weight is 259 g/mol. The zero-order valence-corrected chi connectivity index (χ0v) is 13.4. The Morgan fingerprint density at radius 2 is 1.42 bits per heavy atom. The normalized spacial score (nSPS) is 12.3. The van der Waals surface area contributed by atoms with Crippen LogP contribution in [0.2, 0.25) is 0 Å². The lowest BCUT2D eigenvalue weighted by molar-refractivity contribution is 0.390. The van der Waals surface area contributed by atoms with E-state index >= 15 is 0 Å². The van der Waals surface area contributed by atoms with E-state index in [1.165, 1.54) is 16.7 Å². The van der Waals surface area contributed by atoms with Crippen molar-refractivity contribution in [3.63, 3.8) is 0 Å². The van der Waals surface area contributed by atoms with E-state index in [1.54, 1.807) is 0 Å². The second-order valence-corrected chi connectivity index (χ2v) is 5.95. The Morgan fingerprint density at radius 3 is 1.79 bits per heavy atom. The minimum atomic E-state index is 0.412. The molecule has 0 atom stereocenters. The molecule has 0 N–H and O–H groups in total. The number of hydrogen-bond acceptors (Lipinski definition) is 1. The molecule has 0 bridgehead atoms. The van der Waals surface area contributed by atoms with Gasteiger partial charge in [-0.15, -0.1) is 0 Å². The highest BCUT2D eigenvalue weighted by molar-refractivity contribution is 5.84. The molecule has 0 saturated carbocycles. The van der Waals surface area contributed by atoms with Crippen LogP contribution in [0.4, 0.5) is 0 Å². The molecule has 0 unspecified atom stereocenters. The zero-order chi connectivity index (χ0) is 14.4. The van der Waals surface area contributed by atoms with Crippen molar-refractivity contribution < 1.29 is 0 Å². The van der Waals surface area contributed by atoms with E-state index in [4.69, 9.17) is 4.99 Å². The average Bonchev–Trinajstić information content (AvgIpc) is 2.37. The lowest BCUT2D eigenvalue weighted by Crippen LogP contribution is -2.20. The van der Waals surface area contributed by atoms with Crippen molar-refractivity contribution in [2.24, 2.45) is 16.8 Å². The molecule has 0 radical (unpaired) electrons. The molecule has 0 fully saturated rings. The van der Waals surface area contributed by atoms with Crippen molar-refractivity contribution in [2.75, 3.05) is 0 Å². The van der Waals surface area contributed by atoms with Crippen LogP contribution in [-0.2, 0) is 12.8 Å². The van der Waals surface area contributed by atoms with Crippen LogP contribution < -0.4 is 0 Å². The molecule has 0 amide bonds. The highest BCUT2D eigenvalue weighted by Crippen LogP contribution is 2.19. The fraction of sp³-hybridized carbons (Fsp3) is 0.611. The first-order chi connectivity index (χ1) is 9.01. The lowest BCUT2D eigenvalue weighted by Gasteiger charge is -2.20. The first-order valence-corrected chi connectivity index (χ1v) is 7.65. The van der Waals surface area contributed by atoms with E-state index in [0.29, 0.717) is 17.9 Å². The van der Waals surface area contributed by atoms with Crippen molar-refractivity contribution in [2.45, 2.75) is 60.4 Å². The summed E-state index contributed by atoms with van der Waals surface area (Å²) in [5.41, 5.74) is 4.17. The fourth-order valence-corrected chi connectivity index (χ4v) is 2.72. The summed E-state index contributed by atoms with van der Waals surface area (Å²) in [6.45, 7) is 13.5. The zero-order valence-electron chi connectivity index (χ0n) is 13.4. The smallest absolute Gasteiger partial charge is 0.0545 e. The Balaban J connectivity index is 3.09. The molecule has 1 rings (SSSR count). The molecule has 0 heterocycles. The van der Waals surface area contributed by atoms with Crippen molar-refractivity contribution in [1.29, 1.82) is 0 Å². The quantitative estimate of drug-likeness (QED) is 0.644. The Bertz CT molecular complexity index is 385. The van der Waals surface area contributed by atoms with Crippen molar-refractivity contribution >= 4 is 6.21 Å². The number of nitrogens with zero attached hydrogens (tertiary/aromatic N) is 1. The number of rotatable bonds is 6. The van der Waals surface area contributed by atoms with Crippen LogP contribution in [0.5, 0.6) is 0 Å². The summed E-state index contributed by atoms with van der Waals surface area (Å²) in [6, 6.07) is 7.02. The van der Waals surface area contributed by atoms with Crippen LogP contribution in [-0.4, -0.2) is 12.3 Å². The molecule has 1 aromatic rings. The van der Waals surface area contributed by atoms with E-state index in [1.807, 2.05) is 0 Å². The Hall–Kier alpha value is -1.11. The molecular weight excluding hydrogens is 230 g/mol. The van der Waals surface area contributed by atoms with Crippen LogP contribution in [0.15, 0.2) is 23.2 Å². The first-order valence-electron chi connectivity index (χ1n) is 7.65. The van der Waals surface area contributed by atoms with Crippen LogP contribution in [0, 0.1) is 11.8 Å². The highest BCUT2D eigenvalue weighted by atomic mass is 14.8. The molecule has 0 aliphatic rings. The van der Waals surface area contributed by atoms with E-state index in [0.717, 1.165) is 12.8 Å². The van der Waals surface area contributed by atoms with Crippen molar-refractivity contribution in [3.05, 3.63) is 34.9 Å². The second-order valence-electron chi connectivity index (χ2n) is 5.95. The van der Waals surface area contributed by atoms with Gasteiger partial charge in [-0.25, -0.2) is 0 Å². The maximum atomic E-state index is 4.89. The van der Waals surface area contributed by atoms with Gasteiger partial charge in [0.25, 0.3) is 0 Å². The van der Waals surface area contributed by atoms with E-state index in [-0.39, 0.29) is 0 Å². The first kappa shape index (κ1) is 15.9. The number of hydrogen-bond donors (Lipinski definition) is 0. The van der Waals surface area contributed by atoms with Crippen molar-refractivity contribution in [1.82, 2.24) is 0 Å². The van der Waals surface area contributed by atoms with Crippen LogP contribution >= 0.6 is 0 Å². The fourth-order valence-electron chi connectivity index (χ4n) is 2.72. The topological polar surface area (TPSA) is 12.4 Å². The molecule has 106 valence electrons. The van der Waals surface area contributed by atoms with Gasteiger partial charge in [-0.1, -0.05) is 59.7 Å². The van der Waals surface area contributed by atoms with Gasteiger partial charge >= 0.3 is 0 Å². The third-order valence-electron chi connectivity index (χ3n) is 3.79. The van der Waals surface area contributed by atoms with E-state index in [2.05, 4.69) is 66.0 Å². The van der Waals surface area contributed by atoms with E-state index in [9.17, 15) is 0 Å². The molecule has 0 saturated heterocycles. The minimum Gasteiger partial charge on any atom is -0.289 e. The summed E-state index contributed by atoms with van der Waals surface area (Å²) < 4.78 is 0. The van der Waals surface area contributed by atoms with Gasteiger partial charge in [0.05, 0.1) is 6.04 Å². The third-order valence-corrected chi connectivity index (χ3v) is 3.79. The maximum absolute atomic E-state index is 4.89. The highest BCUT2D eigenvalue weighted by Gasteiger charge is 2.15. The standard InChI is InChI=1S/C18H29N/c1-7-15-10-9-11-16(8-2)17(15)12-19-18(13(3)4)14(5)6/h9-14,18H,7-8H2,1-6H3. The maximum Gasteiger partial charge on any atom is 0.0545 e. The Kier molecular flexibility index (Phi) is 6.27. The van der Waals surface area contributed by atoms with Crippen LogP contribution in [0.3, 0.4) is 0 Å².